The van der Waals surface area contributed by atoms with Crippen molar-refractivity contribution in [2.24, 2.45) is 0 Å². The van der Waals surface area contributed by atoms with Gasteiger partial charge in [-0.3, -0.25) is 9.64 Å². The molecule has 0 amide bonds. The van der Waals surface area contributed by atoms with Crippen molar-refractivity contribution < 1.29 is 3.89 Å². The standard InChI is InChI=1S/FH2P2S/c1-4(2)3/h2-3H/q-1/i2T. The highest BCUT2D eigenvalue weighted by molar-refractivity contribution is 8.25. The number of hydrogen-bond donors (Lipinski definition) is 0. The molecular formula is H2FP2S-. The third-order valence-electron chi connectivity index (χ3n) is 0. The summed E-state index contributed by atoms with van der Waals surface area (Å²) in [4.78, 5) is 0. The minimum Gasteiger partial charge on any atom is -0.370 e. The van der Waals surface area contributed by atoms with Gasteiger partial charge in [0.2, 0.25) is 0 Å². The molecule has 0 aliphatic rings. The Bertz CT molecular complexity index is 81.6. The van der Waals surface area contributed by atoms with Crippen LogP contribution in [0, 0.1) is 0 Å². The average Bonchev–Trinajstić information content (AvgIpc) is 1.38. The quantitative estimate of drug-likeness (QED) is 0.334. The van der Waals surface area contributed by atoms with Crippen molar-refractivity contribution in [2.45, 2.75) is 0 Å². The second-order valence-electron chi connectivity index (χ2n) is 0.237. The van der Waals surface area contributed by atoms with Gasteiger partial charge in [-0.15, -0.1) is 0 Å². The van der Waals surface area contributed by atoms with Crippen molar-refractivity contribution in [1.82, 2.24) is 0 Å². The van der Waals surface area contributed by atoms with Crippen LogP contribution in [0.4, 0.5) is 3.89 Å². The van der Waals surface area contributed by atoms with E-state index in [4.69, 9.17) is 1.28 Å². The van der Waals surface area contributed by atoms with Crippen LogP contribution >= 0.6 is 16.0 Å². The summed E-state index contributed by atoms with van der Waals surface area (Å²) in [6.45, 7) is 0. The van der Waals surface area contributed by atoms with E-state index < -0.39 is 9.64 Å². The van der Waals surface area contributed by atoms with Crippen LogP contribution in [0.3, 0.4) is 0 Å². The Labute approximate surface area is 31.6 Å². The smallest absolute Gasteiger partial charge is 0.0642 e. The van der Waals surface area contributed by atoms with Gasteiger partial charge in [0.15, 0.2) is 0 Å². The van der Waals surface area contributed by atoms with E-state index >= 15 is 0 Å². The first-order valence-corrected chi connectivity index (χ1v) is 3.94. The lowest BCUT2D eigenvalue weighted by atomic mass is 18.9. The van der Waals surface area contributed by atoms with Crippen LogP contribution in [0.2, 0.25) is 0 Å². The molecule has 0 atom stereocenters. The number of hydrogen-bond acceptors (Lipinski definition) is 1. The molecule has 0 fully saturated rings. The first-order chi connectivity index (χ1) is 2.27. The van der Waals surface area contributed by atoms with Gasteiger partial charge >= 0.3 is 0 Å². The highest BCUT2D eigenvalue weighted by Crippen LogP contribution is 1.80. The van der Waals surface area contributed by atoms with Crippen LogP contribution in [0.25, 0.3) is 0 Å². The van der Waals surface area contributed by atoms with Gasteiger partial charge in [0, 0.05) is 0 Å². The molecule has 0 N–H and O–H groups in total. The lowest BCUT2D eigenvalue weighted by molar-refractivity contribution is 0.948. The van der Waals surface area contributed by atoms with Crippen LogP contribution in [0.1, 0.15) is 0 Å². The molecule has 0 heterocycles. The van der Waals surface area contributed by atoms with E-state index in [9.17, 15) is 3.89 Å². The van der Waals surface area contributed by atoms with Crippen molar-refractivity contribution in [3.05, 3.63) is 0 Å². The SMILES string of the molecule is [3H]P=[S-](F)=P. The molecule has 0 aromatic carbocycles. The lowest BCUT2D eigenvalue weighted by Gasteiger charge is -1.70. The molecule has 26 valence electrons. The summed E-state index contributed by atoms with van der Waals surface area (Å²) in [6.07, 6.45) is 0. The molecular weight excluding hydrogens is 113 g/mol. The molecule has 0 aromatic heterocycles. The van der Waals surface area contributed by atoms with Crippen molar-refractivity contribution in [1.29, 1.82) is 1.28 Å². The Morgan fingerprint density at radius 3 is 2.50 bits per heavy atom. The molecule has 0 bridgehead atoms. The summed E-state index contributed by atoms with van der Waals surface area (Å²) in [5.74, 6) is 0. The third kappa shape index (κ3) is 13.1. The van der Waals surface area contributed by atoms with Gasteiger partial charge in [-0.2, -0.15) is 0 Å². The Balaban J connectivity index is 3.62. The second kappa shape index (κ2) is 2.14. The monoisotopic (exact) mass is 117 g/mol. The second-order valence-corrected chi connectivity index (χ2v) is 3.78. The Kier molecular flexibility index (Phi) is 1.65. The van der Waals surface area contributed by atoms with Crippen LogP contribution in [-0.2, 0) is 9.64 Å². The maximum Gasteiger partial charge on any atom is 0.0642 e. The van der Waals surface area contributed by atoms with Crippen molar-refractivity contribution in [2.75, 3.05) is 0 Å². The zero-order valence-corrected chi connectivity index (χ0v) is 4.44. The van der Waals surface area contributed by atoms with Crippen LogP contribution in [0.15, 0.2) is 0 Å². The third-order valence-corrected chi connectivity index (χ3v) is 0. The van der Waals surface area contributed by atoms with Crippen molar-refractivity contribution >= 4 is 25.6 Å². The fourth-order valence-corrected chi connectivity index (χ4v) is 0. The summed E-state index contributed by atoms with van der Waals surface area (Å²) in [7, 11) is 1.22. The predicted molar refractivity (Wildman–Crippen MR) is 25.1 cm³/mol. The summed E-state index contributed by atoms with van der Waals surface area (Å²) in [5, 5.41) is 0. The molecule has 0 nitrogen and oxygen atoms in total. The molecule has 0 aliphatic heterocycles. The predicted octanol–water partition coefficient (Wildman–Crippen LogP) is 1.60. The minimum atomic E-state index is -1.38. The van der Waals surface area contributed by atoms with Crippen molar-refractivity contribution in [3.63, 3.8) is 0 Å². The Hall–Kier alpha value is 0.880. The highest BCUT2D eigenvalue weighted by Gasteiger charge is 1.13. The summed E-state index contributed by atoms with van der Waals surface area (Å²) in [5.41, 5.74) is 0. The van der Waals surface area contributed by atoms with Gasteiger partial charge in [0.25, 0.3) is 0 Å². The first-order valence-electron chi connectivity index (χ1n) is 0.988. The number of halogens is 1. The molecule has 0 unspecified atom stereocenters. The maximum absolute atomic E-state index is 11.2. The molecule has 4 heavy (non-hydrogen) atoms. The molecule has 0 aliphatic carbocycles. The number of rotatable bonds is 0. The van der Waals surface area contributed by atoms with Crippen LogP contribution in [0.5, 0.6) is 0 Å². The van der Waals surface area contributed by atoms with Gasteiger partial charge in [-0.1, -0.05) is 0 Å². The van der Waals surface area contributed by atoms with E-state index in [1.165, 1.54) is 0 Å². The normalized spacial score (nSPS) is 19.8. The first kappa shape index (κ1) is 3.08. The van der Waals surface area contributed by atoms with Gasteiger partial charge in [0.05, 0.1) is 1.28 Å². The van der Waals surface area contributed by atoms with E-state index in [0.29, 0.717) is 0 Å². The lowest BCUT2D eigenvalue weighted by Crippen LogP contribution is -1.14. The average molecular weight is 117 g/mol. The zero-order valence-electron chi connectivity index (χ0n) is 2.73. The van der Waals surface area contributed by atoms with E-state index in [-0.39, 0.29) is 7.96 Å². The minimum absolute atomic E-state index is 0.0216. The van der Waals surface area contributed by atoms with Gasteiger partial charge < -0.3 is 3.89 Å². The van der Waals surface area contributed by atoms with Gasteiger partial charge in [-0.05, 0) is 0 Å². The van der Waals surface area contributed by atoms with E-state index in [1.54, 1.807) is 0 Å². The fourth-order valence-electron chi connectivity index (χ4n) is 0. The van der Waals surface area contributed by atoms with Gasteiger partial charge in [-0.25, -0.2) is 16.0 Å². The molecule has 0 spiro atoms. The molecule has 0 saturated carbocycles. The maximum atomic E-state index is 11.2. The molecule has 0 saturated heterocycles. The summed E-state index contributed by atoms with van der Waals surface area (Å²) < 4.78 is 17.4. The van der Waals surface area contributed by atoms with E-state index in [0.717, 1.165) is 0 Å². The van der Waals surface area contributed by atoms with Gasteiger partial charge in [0.1, 0.15) is 0 Å². The van der Waals surface area contributed by atoms with Crippen molar-refractivity contribution in [3.8, 4) is 0 Å². The Morgan fingerprint density at radius 1 is 2.25 bits per heavy atom. The van der Waals surface area contributed by atoms with Crippen LogP contribution < -0.4 is 0 Å². The molecule has 0 aromatic rings. The summed E-state index contributed by atoms with van der Waals surface area (Å²) >= 11 is 0. The van der Waals surface area contributed by atoms with E-state index in [1.807, 2.05) is 0 Å². The summed E-state index contributed by atoms with van der Waals surface area (Å²) in [6, 6.07) is 0. The topological polar surface area (TPSA) is 0 Å². The molecule has 4 heteroatoms. The molecule has 0 rings (SSSR count). The highest BCUT2D eigenvalue weighted by atomic mass is 32.7. The fraction of sp³-hybridized carbons (Fsp3) is 0. The van der Waals surface area contributed by atoms with E-state index in [2.05, 4.69) is 8.02 Å². The Morgan fingerprint density at radius 2 is 2.50 bits per heavy atom. The zero-order chi connectivity index (χ0) is 4.28. The molecule has 0 radical (unpaired) electrons. The van der Waals surface area contributed by atoms with Crippen LogP contribution in [-0.4, -0.2) is 1.28 Å². The largest absolute Gasteiger partial charge is 0.370 e.